The van der Waals surface area contributed by atoms with E-state index < -0.39 is 0 Å². The van der Waals surface area contributed by atoms with Gasteiger partial charge in [-0.25, -0.2) is 9.97 Å². The molecule has 0 atom stereocenters. The average molecular weight is 419 g/mol. The second kappa shape index (κ2) is 8.37. The van der Waals surface area contributed by atoms with Gasteiger partial charge in [0.1, 0.15) is 0 Å². The molecule has 0 unspecified atom stereocenters. The fourth-order valence-electron chi connectivity index (χ4n) is 3.99. The number of anilines is 3. The van der Waals surface area contributed by atoms with Crippen LogP contribution in [0, 0.1) is 0 Å². The van der Waals surface area contributed by atoms with Crippen LogP contribution in [0.3, 0.4) is 0 Å². The largest absolute Gasteiger partial charge is 0.378 e. The smallest absolute Gasteiger partial charge is 0.180 e. The van der Waals surface area contributed by atoms with Gasteiger partial charge >= 0.3 is 0 Å². The Morgan fingerprint density at radius 3 is 2.81 bits per heavy atom. The first-order chi connectivity index (χ1) is 15.2. The Morgan fingerprint density at radius 1 is 1.16 bits per heavy atom. The maximum atomic E-state index is 5.53. The SMILES string of the molecule is CN(C)Cc1cc(Nc2ncc(-c3cn[nH]c3)n3ccnc23)ccc1N1CCOCC1. The molecule has 31 heavy (non-hydrogen) atoms. The second-order valence-electron chi connectivity index (χ2n) is 7.91. The molecule has 1 fully saturated rings. The number of imidazole rings is 1. The minimum Gasteiger partial charge on any atom is -0.378 e. The lowest BCUT2D eigenvalue weighted by Gasteiger charge is -2.31. The summed E-state index contributed by atoms with van der Waals surface area (Å²) in [6.45, 7) is 4.23. The third kappa shape index (κ3) is 3.97. The molecule has 0 radical (unpaired) electrons. The van der Waals surface area contributed by atoms with Crippen LogP contribution in [0.4, 0.5) is 17.2 Å². The number of ether oxygens (including phenoxy) is 1. The van der Waals surface area contributed by atoms with Crippen LogP contribution in [-0.4, -0.2) is 69.9 Å². The molecule has 1 saturated heterocycles. The van der Waals surface area contributed by atoms with E-state index in [9.17, 15) is 0 Å². The first kappa shape index (κ1) is 19.5. The lowest BCUT2D eigenvalue weighted by atomic mass is 10.1. The van der Waals surface area contributed by atoms with E-state index in [1.54, 1.807) is 12.4 Å². The summed E-state index contributed by atoms with van der Waals surface area (Å²) in [5.74, 6) is 0.715. The number of fused-ring (bicyclic) bond motifs is 1. The lowest BCUT2D eigenvalue weighted by Crippen LogP contribution is -2.37. The highest BCUT2D eigenvalue weighted by Gasteiger charge is 2.17. The zero-order valence-electron chi connectivity index (χ0n) is 17.7. The molecule has 1 aliphatic heterocycles. The van der Waals surface area contributed by atoms with Gasteiger partial charge in [0.05, 0.1) is 31.3 Å². The number of aromatic nitrogens is 5. The molecular weight excluding hydrogens is 392 g/mol. The highest BCUT2D eigenvalue weighted by Crippen LogP contribution is 2.29. The Balaban J connectivity index is 1.48. The van der Waals surface area contributed by atoms with Crippen molar-refractivity contribution < 1.29 is 4.74 Å². The van der Waals surface area contributed by atoms with Gasteiger partial charge in [-0.2, -0.15) is 5.10 Å². The minimum absolute atomic E-state index is 0.715. The molecule has 3 aromatic heterocycles. The number of rotatable bonds is 6. The summed E-state index contributed by atoms with van der Waals surface area (Å²) in [6, 6.07) is 6.50. The predicted octanol–water partition coefficient (Wildman–Crippen LogP) is 2.76. The van der Waals surface area contributed by atoms with Crippen molar-refractivity contribution >= 4 is 22.8 Å². The quantitative estimate of drug-likeness (QED) is 0.498. The third-order valence-corrected chi connectivity index (χ3v) is 5.40. The normalized spacial score (nSPS) is 14.5. The molecule has 2 N–H and O–H groups in total. The molecule has 0 spiro atoms. The Bertz CT molecular complexity index is 1160. The van der Waals surface area contributed by atoms with E-state index in [1.807, 2.05) is 23.0 Å². The molecule has 1 aromatic carbocycles. The van der Waals surface area contributed by atoms with Crippen molar-refractivity contribution in [3.05, 3.63) is 54.7 Å². The lowest BCUT2D eigenvalue weighted by molar-refractivity contribution is 0.122. The second-order valence-corrected chi connectivity index (χ2v) is 7.91. The zero-order chi connectivity index (χ0) is 21.2. The van der Waals surface area contributed by atoms with Crippen LogP contribution >= 0.6 is 0 Å². The zero-order valence-corrected chi connectivity index (χ0v) is 17.7. The molecule has 0 bridgehead atoms. The summed E-state index contributed by atoms with van der Waals surface area (Å²) in [6.07, 6.45) is 9.18. The molecule has 9 heteroatoms. The van der Waals surface area contributed by atoms with Crippen molar-refractivity contribution in [3.8, 4) is 11.3 Å². The summed E-state index contributed by atoms with van der Waals surface area (Å²) in [5, 5.41) is 10.4. The molecule has 5 rings (SSSR count). The van der Waals surface area contributed by atoms with Gasteiger partial charge in [-0.15, -0.1) is 0 Å². The van der Waals surface area contributed by atoms with Gasteiger partial charge in [0.2, 0.25) is 0 Å². The first-order valence-corrected chi connectivity index (χ1v) is 10.4. The molecule has 0 amide bonds. The highest BCUT2D eigenvalue weighted by molar-refractivity contribution is 5.75. The molecular formula is C22H26N8O. The predicted molar refractivity (Wildman–Crippen MR) is 121 cm³/mol. The van der Waals surface area contributed by atoms with Crippen molar-refractivity contribution in [2.75, 3.05) is 50.6 Å². The number of H-pyrrole nitrogens is 1. The Kier molecular flexibility index (Phi) is 5.27. The van der Waals surface area contributed by atoms with E-state index in [2.05, 4.69) is 67.6 Å². The summed E-state index contributed by atoms with van der Waals surface area (Å²) < 4.78 is 7.54. The van der Waals surface area contributed by atoms with Crippen LogP contribution < -0.4 is 10.2 Å². The minimum atomic E-state index is 0.715. The van der Waals surface area contributed by atoms with Gasteiger partial charge in [-0.3, -0.25) is 9.50 Å². The topological polar surface area (TPSA) is 86.6 Å². The highest BCUT2D eigenvalue weighted by atomic mass is 16.5. The van der Waals surface area contributed by atoms with Gasteiger partial charge < -0.3 is 19.9 Å². The van der Waals surface area contributed by atoms with Gasteiger partial charge in [0.25, 0.3) is 0 Å². The van der Waals surface area contributed by atoms with Crippen LogP contribution in [0.1, 0.15) is 5.56 Å². The molecule has 4 aromatic rings. The van der Waals surface area contributed by atoms with Crippen LogP contribution in [0.15, 0.2) is 49.2 Å². The number of hydrogen-bond donors (Lipinski definition) is 2. The monoisotopic (exact) mass is 418 g/mol. The van der Waals surface area contributed by atoms with Gasteiger partial charge in [-0.05, 0) is 37.9 Å². The summed E-state index contributed by atoms with van der Waals surface area (Å²) in [7, 11) is 4.18. The number of aromatic amines is 1. The number of nitrogens with one attached hydrogen (secondary N) is 2. The standard InChI is InChI=1S/C22H26N8O/c1-28(2)15-16-11-18(3-4-19(16)29-7-9-31-10-8-29)27-21-22-23-5-6-30(22)20(14-24-21)17-12-25-26-13-17/h3-6,11-14H,7-10,15H2,1-2H3,(H,24,27)(H,25,26). The number of hydrogen-bond acceptors (Lipinski definition) is 7. The summed E-state index contributed by atoms with van der Waals surface area (Å²) in [4.78, 5) is 13.8. The Labute approximate surface area is 180 Å². The Morgan fingerprint density at radius 2 is 2.03 bits per heavy atom. The van der Waals surface area contributed by atoms with E-state index in [-0.39, 0.29) is 0 Å². The van der Waals surface area contributed by atoms with E-state index in [4.69, 9.17) is 4.74 Å². The van der Waals surface area contributed by atoms with Crippen molar-refractivity contribution in [1.82, 2.24) is 29.5 Å². The Hall–Kier alpha value is -3.43. The van der Waals surface area contributed by atoms with E-state index >= 15 is 0 Å². The molecule has 160 valence electrons. The summed E-state index contributed by atoms with van der Waals surface area (Å²) >= 11 is 0. The molecule has 1 aliphatic rings. The van der Waals surface area contributed by atoms with Crippen molar-refractivity contribution in [2.45, 2.75) is 6.54 Å². The maximum Gasteiger partial charge on any atom is 0.180 e. The summed E-state index contributed by atoms with van der Waals surface area (Å²) in [5.41, 5.74) is 6.18. The number of benzene rings is 1. The van der Waals surface area contributed by atoms with Crippen LogP contribution in [-0.2, 0) is 11.3 Å². The van der Waals surface area contributed by atoms with Crippen LogP contribution in [0.2, 0.25) is 0 Å². The van der Waals surface area contributed by atoms with Gasteiger partial charge in [0.15, 0.2) is 11.5 Å². The van der Waals surface area contributed by atoms with Crippen LogP contribution in [0.25, 0.3) is 16.9 Å². The van der Waals surface area contributed by atoms with Crippen molar-refractivity contribution in [1.29, 1.82) is 0 Å². The molecule has 0 aliphatic carbocycles. The third-order valence-electron chi connectivity index (χ3n) is 5.40. The van der Waals surface area contributed by atoms with Crippen molar-refractivity contribution in [3.63, 3.8) is 0 Å². The van der Waals surface area contributed by atoms with Crippen LogP contribution in [0.5, 0.6) is 0 Å². The molecule has 4 heterocycles. The molecule has 0 saturated carbocycles. The molecule has 9 nitrogen and oxygen atoms in total. The van der Waals surface area contributed by atoms with Crippen molar-refractivity contribution in [2.24, 2.45) is 0 Å². The van der Waals surface area contributed by atoms with E-state index in [1.165, 1.54) is 11.3 Å². The van der Waals surface area contributed by atoms with Gasteiger partial charge in [0, 0.05) is 55.2 Å². The van der Waals surface area contributed by atoms with Gasteiger partial charge in [-0.1, -0.05) is 0 Å². The number of nitrogens with zero attached hydrogens (tertiary/aromatic N) is 6. The first-order valence-electron chi connectivity index (χ1n) is 10.4. The van der Waals surface area contributed by atoms with E-state index in [0.717, 1.165) is 55.4 Å². The number of morpholine rings is 1. The fourth-order valence-corrected chi connectivity index (χ4v) is 3.99. The van der Waals surface area contributed by atoms with E-state index in [0.29, 0.717) is 5.82 Å². The fraction of sp³-hybridized carbons (Fsp3) is 0.318. The average Bonchev–Trinajstić information content (AvgIpc) is 3.47. The maximum absolute atomic E-state index is 5.53.